The molecule has 11 heavy (non-hydrogen) atoms. The Kier molecular flexibility index (Phi) is 4.25. The molecule has 4 nitrogen and oxygen atoms in total. The van der Waals surface area contributed by atoms with Crippen molar-refractivity contribution in [3.8, 4) is 0 Å². The normalized spacial score (nSPS) is 10.4. The summed E-state index contributed by atoms with van der Waals surface area (Å²) in [5.41, 5.74) is 0.310. The van der Waals surface area contributed by atoms with Gasteiger partial charge < -0.3 is 10.4 Å². The summed E-state index contributed by atoms with van der Waals surface area (Å²) in [5, 5.41) is 21.0. The minimum Gasteiger partial charge on any atom is -0.592 e. The smallest absolute Gasteiger partial charge is 0.248 e. The zero-order valence-electron chi connectivity index (χ0n) is 5.44. The second-order valence-electron chi connectivity index (χ2n) is 1.70. The molecule has 0 saturated carbocycles. The standard InChI is InChI=1S/C6H6N2O2.Cu/c9-7-8(10)6-4-2-1-3-5-6;/h1-5,9H;. The summed E-state index contributed by atoms with van der Waals surface area (Å²) in [6.45, 7) is 0. The van der Waals surface area contributed by atoms with E-state index in [0.29, 0.717) is 5.69 Å². The Hall–Kier alpha value is -1.06. The Morgan fingerprint density at radius 2 is 1.82 bits per heavy atom. The third-order valence-electron chi connectivity index (χ3n) is 1.06. The number of hydrogen-bond acceptors (Lipinski definition) is 2. The maximum Gasteiger partial charge on any atom is 0.248 e. The molecule has 1 radical (unpaired) electrons. The molecule has 1 rings (SSSR count). The molecule has 1 N–H and O–H groups in total. The molecule has 1 aromatic carbocycles. The van der Waals surface area contributed by atoms with Crippen LogP contribution in [0.2, 0.25) is 0 Å². The molecular formula is C6H6CuN2O2. The van der Waals surface area contributed by atoms with Crippen LogP contribution < -0.4 is 0 Å². The molecule has 0 aromatic heterocycles. The number of para-hydroxylation sites is 1. The van der Waals surface area contributed by atoms with Crippen LogP contribution >= 0.6 is 0 Å². The minimum absolute atomic E-state index is 0. The fourth-order valence-electron chi connectivity index (χ4n) is 0.607. The maximum absolute atomic E-state index is 10.5. The molecule has 63 valence electrons. The van der Waals surface area contributed by atoms with Crippen LogP contribution in [0.3, 0.4) is 0 Å². The second kappa shape index (κ2) is 4.71. The molecule has 0 amide bonds. The summed E-state index contributed by atoms with van der Waals surface area (Å²) >= 11 is 0. The molecule has 0 aliphatic heterocycles. The molecule has 0 atom stereocenters. The van der Waals surface area contributed by atoms with E-state index < -0.39 is 0 Å². The molecule has 0 aliphatic rings. The fraction of sp³-hybridized carbons (Fsp3) is 0. The van der Waals surface area contributed by atoms with Crippen molar-refractivity contribution < 1.29 is 27.1 Å². The van der Waals surface area contributed by atoms with E-state index >= 15 is 0 Å². The molecule has 0 fully saturated rings. The average Bonchev–Trinajstić information content (AvgIpc) is 2.05. The van der Waals surface area contributed by atoms with Gasteiger partial charge in [0.25, 0.3) is 0 Å². The van der Waals surface area contributed by atoms with Gasteiger partial charge in [-0.2, -0.15) is 0 Å². The molecule has 0 bridgehead atoms. The van der Waals surface area contributed by atoms with E-state index in [1.807, 2.05) is 0 Å². The Balaban J connectivity index is 0.000001000. The Morgan fingerprint density at radius 1 is 1.27 bits per heavy atom. The molecule has 0 spiro atoms. The summed E-state index contributed by atoms with van der Waals surface area (Å²) in [4.78, 5) is 0.139. The third kappa shape index (κ3) is 2.57. The van der Waals surface area contributed by atoms with E-state index in [-0.39, 0.29) is 21.9 Å². The topological polar surface area (TPSA) is 58.7 Å². The summed E-state index contributed by atoms with van der Waals surface area (Å²) in [6.07, 6.45) is 0. The van der Waals surface area contributed by atoms with Crippen LogP contribution in [0.1, 0.15) is 0 Å². The van der Waals surface area contributed by atoms with E-state index in [1.165, 1.54) is 0 Å². The molecule has 0 unspecified atom stereocenters. The second-order valence-corrected chi connectivity index (χ2v) is 1.70. The van der Waals surface area contributed by atoms with Crippen molar-refractivity contribution in [1.29, 1.82) is 0 Å². The molecular weight excluding hydrogens is 196 g/mol. The minimum atomic E-state index is 0. The van der Waals surface area contributed by atoms with Gasteiger partial charge in [-0.15, -0.1) is 0 Å². The first kappa shape index (κ1) is 9.94. The van der Waals surface area contributed by atoms with Crippen molar-refractivity contribution in [2.45, 2.75) is 0 Å². The number of benzene rings is 1. The van der Waals surface area contributed by atoms with E-state index in [4.69, 9.17) is 5.21 Å². The first-order valence-corrected chi connectivity index (χ1v) is 2.72. The average molecular weight is 202 g/mol. The van der Waals surface area contributed by atoms with Crippen LogP contribution in [0.25, 0.3) is 0 Å². The van der Waals surface area contributed by atoms with Crippen LogP contribution in [0.5, 0.6) is 0 Å². The van der Waals surface area contributed by atoms with Crippen molar-refractivity contribution in [3.63, 3.8) is 0 Å². The summed E-state index contributed by atoms with van der Waals surface area (Å²) in [5.74, 6) is 0. The van der Waals surface area contributed by atoms with Gasteiger partial charge in [-0.05, 0) is 4.86 Å². The van der Waals surface area contributed by atoms with Gasteiger partial charge in [0.2, 0.25) is 11.0 Å². The largest absolute Gasteiger partial charge is 0.592 e. The fourth-order valence-corrected chi connectivity index (χ4v) is 0.607. The summed E-state index contributed by atoms with van der Waals surface area (Å²) in [6, 6.07) is 8.24. The molecule has 0 saturated heterocycles. The zero-order chi connectivity index (χ0) is 7.40. The Bertz CT molecular complexity index is 238. The summed E-state index contributed by atoms with van der Waals surface area (Å²) in [7, 11) is 0. The molecule has 1 aromatic rings. The predicted octanol–water partition coefficient (Wildman–Crippen LogP) is 1.67. The van der Waals surface area contributed by atoms with Gasteiger partial charge in [-0.25, -0.2) is 0 Å². The van der Waals surface area contributed by atoms with Crippen LogP contribution in [0, 0.1) is 5.21 Å². The van der Waals surface area contributed by atoms with Crippen LogP contribution in [-0.4, -0.2) is 10.1 Å². The van der Waals surface area contributed by atoms with E-state index in [0.717, 1.165) is 0 Å². The quantitative estimate of drug-likeness (QED) is 0.325. The Morgan fingerprint density at radius 3 is 2.27 bits per heavy atom. The van der Waals surface area contributed by atoms with Gasteiger partial charge in [0.1, 0.15) is 0 Å². The molecule has 0 aliphatic carbocycles. The first-order valence-electron chi connectivity index (χ1n) is 2.72. The van der Waals surface area contributed by atoms with Crippen molar-refractivity contribution in [3.05, 3.63) is 35.5 Å². The van der Waals surface area contributed by atoms with Gasteiger partial charge >= 0.3 is 0 Å². The van der Waals surface area contributed by atoms with Gasteiger partial charge in [-0.1, -0.05) is 18.2 Å². The van der Waals surface area contributed by atoms with E-state index in [2.05, 4.69) is 5.28 Å². The monoisotopic (exact) mass is 201 g/mol. The van der Waals surface area contributed by atoms with Crippen molar-refractivity contribution in [1.82, 2.24) is 0 Å². The summed E-state index contributed by atoms with van der Waals surface area (Å²) < 4.78 is 0. The van der Waals surface area contributed by atoms with Crippen LogP contribution in [-0.2, 0) is 17.1 Å². The third-order valence-corrected chi connectivity index (χ3v) is 1.06. The van der Waals surface area contributed by atoms with Crippen LogP contribution in [0.15, 0.2) is 35.6 Å². The van der Waals surface area contributed by atoms with E-state index in [9.17, 15) is 5.21 Å². The van der Waals surface area contributed by atoms with E-state index in [1.54, 1.807) is 30.3 Å². The van der Waals surface area contributed by atoms with Crippen molar-refractivity contribution in [2.24, 2.45) is 5.28 Å². The molecule has 5 heteroatoms. The first-order chi connectivity index (χ1) is 4.84. The Labute approximate surface area is 74.2 Å². The van der Waals surface area contributed by atoms with Gasteiger partial charge in [-0.3, -0.25) is 0 Å². The van der Waals surface area contributed by atoms with Gasteiger partial charge in [0, 0.05) is 29.2 Å². The molecule has 0 heterocycles. The zero-order valence-corrected chi connectivity index (χ0v) is 6.38. The SMILES string of the molecule is [Cu].[O-][N+](=NO)c1ccccc1. The number of hydrogen-bond donors (Lipinski definition) is 1. The maximum atomic E-state index is 10.5. The van der Waals surface area contributed by atoms with Crippen LogP contribution in [0.4, 0.5) is 5.69 Å². The number of rotatable bonds is 1. The van der Waals surface area contributed by atoms with Gasteiger partial charge in [0.15, 0.2) is 0 Å². The number of nitrogens with zero attached hydrogens (tertiary/aromatic N) is 2. The van der Waals surface area contributed by atoms with Crippen molar-refractivity contribution >= 4 is 5.69 Å². The van der Waals surface area contributed by atoms with Gasteiger partial charge in [0.05, 0.1) is 0 Å². The predicted molar refractivity (Wildman–Crippen MR) is 33.9 cm³/mol. The van der Waals surface area contributed by atoms with Crippen molar-refractivity contribution in [2.75, 3.05) is 0 Å².